The summed E-state index contributed by atoms with van der Waals surface area (Å²) in [6.07, 6.45) is 0. The van der Waals surface area contributed by atoms with Crippen LogP contribution in [0.3, 0.4) is 0 Å². The van der Waals surface area contributed by atoms with Crippen LogP contribution < -0.4 is 10.6 Å². The summed E-state index contributed by atoms with van der Waals surface area (Å²) >= 11 is 0. The van der Waals surface area contributed by atoms with Gasteiger partial charge in [0.05, 0.1) is 11.3 Å². The molecule has 0 saturated heterocycles. The van der Waals surface area contributed by atoms with E-state index in [1.807, 2.05) is 19.1 Å². The van der Waals surface area contributed by atoms with E-state index in [0.29, 0.717) is 16.8 Å². The Hall–Kier alpha value is -2.62. The number of carbonyl (C=O) groups excluding carboxylic acids is 2. The van der Waals surface area contributed by atoms with Crippen molar-refractivity contribution in [2.45, 2.75) is 6.92 Å². The Balaban J connectivity index is 2.24. The van der Waals surface area contributed by atoms with Crippen molar-refractivity contribution in [3.8, 4) is 0 Å². The Kier molecular flexibility index (Phi) is 4.15. The third kappa shape index (κ3) is 3.03. The number of para-hydroxylation sites is 1. The summed E-state index contributed by atoms with van der Waals surface area (Å²) in [4.78, 5) is 23.9. The Morgan fingerprint density at radius 2 is 1.55 bits per heavy atom. The normalized spacial score (nSPS) is 9.90. The van der Waals surface area contributed by atoms with E-state index in [0.717, 1.165) is 5.56 Å². The summed E-state index contributed by atoms with van der Waals surface area (Å²) in [5.41, 5.74) is 2.59. The van der Waals surface area contributed by atoms with E-state index in [1.165, 1.54) is 0 Å². The lowest BCUT2D eigenvalue weighted by Gasteiger charge is -2.10. The van der Waals surface area contributed by atoms with E-state index in [9.17, 15) is 9.59 Å². The molecular formula is C16H16N2O2. The Bertz CT molecular complexity index is 633. The van der Waals surface area contributed by atoms with Gasteiger partial charge in [0.15, 0.2) is 0 Å². The van der Waals surface area contributed by atoms with Crippen LogP contribution in [-0.4, -0.2) is 18.9 Å². The second-order valence-corrected chi connectivity index (χ2v) is 4.44. The van der Waals surface area contributed by atoms with E-state index in [4.69, 9.17) is 0 Å². The zero-order valence-corrected chi connectivity index (χ0v) is 11.4. The van der Waals surface area contributed by atoms with Gasteiger partial charge in [-0.1, -0.05) is 29.8 Å². The van der Waals surface area contributed by atoms with Gasteiger partial charge >= 0.3 is 0 Å². The maximum atomic E-state index is 12.1. The van der Waals surface area contributed by atoms with Gasteiger partial charge in [0.2, 0.25) is 0 Å². The van der Waals surface area contributed by atoms with Crippen molar-refractivity contribution in [3.05, 3.63) is 65.2 Å². The fraction of sp³-hybridized carbons (Fsp3) is 0.125. The summed E-state index contributed by atoms with van der Waals surface area (Å²) in [5.74, 6) is -0.467. The number of aryl methyl sites for hydroxylation is 1. The Morgan fingerprint density at radius 1 is 0.900 bits per heavy atom. The topological polar surface area (TPSA) is 58.2 Å². The van der Waals surface area contributed by atoms with E-state index < -0.39 is 0 Å². The highest BCUT2D eigenvalue weighted by Gasteiger charge is 2.12. The maximum absolute atomic E-state index is 12.1. The predicted molar refractivity (Wildman–Crippen MR) is 79.0 cm³/mol. The minimum atomic E-state index is -0.235. The van der Waals surface area contributed by atoms with Crippen LogP contribution in [-0.2, 0) is 0 Å². The fourth-order valence-electron chi connectivity index (χ4n) is 1.82. The molecule has 0 aliphatic heterocycles. The first kappa shape index (κ1) is 13.8. The minimum absolute atomic E-state index is 0.232. The van der Waals surface area contributed by atoms with Crippen LogP contribution in [0.25, 0.3) is 0 Å². The lowest BCUT2D eigenvalue weighted by atomic mass is 10.1. The molecule has 20 heavy (non-hydrogen) atoms. The first-order chi connectivity index (χ1) is 9.61. The standard InChI is InChI=1S/C16H16N2O2/c1-11-7-9-12(10-8-11)15(19)18-14-6-4-3-5-13(14)16(20)17-2/h3-10H,1-2H3,(H,17,20)(H,18,19). The van der Waals surface area contributed by atoms with Gasteiger partial charge in [0.25, 0.3) is 11.8 Å². The molecule has 0 atom stereocenters. The molecule has 2 rings (SSSR count). The Morgan fingerprint density at radius 3 is 2.20 bits per heavy atom. The van der Waals surface area contributed by atoms with Crippen molar-refractivity contribution < 1.29 is 9.59 Å². The SMILES string of the molecule is CNC(=O)c1ccccc1NC(=O)c1ccc(C)cc1. The van der Waals surface area contributed by atoms with Crippen LogP contribution in [0.4, 0.5) is 5.69 Å². The van der Waals surface area contributed by atoms with E-state index in [2.05, 4.69) is 10.6 Å². The molecule has 102 valence electrons. The van der Waals surface area contributed by atoms with Crippen LogP contribution in [0.15, 0.2) is 48.5 Å². The highest BCUT2D eigenvalue weighted by Crippen LogP contribution is 2.16. The highest BCUT2D eigenvalue weighted by molar-refractivity contribution is 6.08. The average molecular weight is 268 g/mol. The predicted octanol–water partition coefficient (Wildman–Crippen LogP) is 2.61. The molecule has 0 aromatic heterocycles. The highest BCUT2D eigenvalue weighted by atomic mass is 16.2. The second kappa shape index (κ2) is 6.02. The van der Waals surface area contributed by atoms with Gasteiger partial charge < -0.3 is 10.6 Å². The zero-order chi connectivity index (χ0) is 14.5. The molecule has 4 heteroatoms. The third-order valence-corrected chi connectivity index (χ3v) is 2.96. The quantitative estimate of drug-likeness (QED) is 0.899. The zero-order valence-electron chi connectivity index (χ0n) is 11.4. The lowest BCUT2D eigenvalue weighted by molar-refractivity contribution is 0.0964. The Labute approximate surface area is 117 Å². The first-order valence-corrected chi connectivity index (χ1v) is 6.31. The minimum Gasteiger partial charge on any atom is -0.355 e. The molecule has 2 aromatic carbocycles. The summed E-state index contributed by atoms with van der Waals surface area (Å²) in [7, 11) is 1.56. The molecule has 0 saturated carbocycles. The second-order valence-electron chi connectivity index (χ2n) is 4.44. The molecule has 0 spiro atoms. The van der Waals surface area contributed by atoms with E-state index in [1.54, 1.807) is 43.4 Å². The number of hydrogen-bond acceptors (Lipinski definition) is 2. The number of rotatable bonds is 3. The molecule has 4 nitrogen and oxygen atoms in total. The molecule has 2 amide bonds. The average Bonchev–Trinajstić information content (AvgIpc) is 2.47. The number of hydrogen-bond donors (Lipinski definition) is 2. The van der Waals surface area contributed by atoms with E-state index in [-0.39, 0.29) is 11.8 Å². The summed E-state index contributed by atoms with van der Waals surface area (Å²) in [6, 6.07) is 14.2. The molecule has 2 aromatic rings. The van der Waals surface area contributed by atoms with Crippen molar-refractivity contribution in [2.24, 2.45) is 0 Å². The van der Waals surface area contributed by atoms with Crippen LogP contribution in [0.2, 0.25) is 0 Å². The van der Waals surface area contributed by atoms with Gasteiger partial charge in [-0.3, -0.25) is 9.59 Å². The fourth-order valence-corrected chi connectivity index (χ4v) is 1.82. The first-order valence-electron chi connectivity index (χ1n) is 6.31. The molecular weight excluding hydrogens is 252 g/mol. The largest absolute Gasteiger partial charge is 0.355 e. The van der Waals surface area contributed by atoms with Gasteiger partial charge in [-0.2, -0.15) is 0 Å². The van der Waals surface area contributed by atoms with Gasteiger partial charge in [-0.15, -0.1) is 0 Å². The number of carbonyl (C=O) groups is 2. The van der Waals surface area contributed by atoms with Crippen molar-refractivity contribution >= 4 is 17.5 Å². The van der Waals surface area contributed by atoms with Crippen LogP contribution in [0, 0.1) is 6.92 Å². The lowest BCUT2D eigenvalue weighted by Crippen LogP contribution is -2.21. The molecule has 0 radical (unpaired) electrons. The van der Waals surface area contributed by atoms with Gasteiger partial charge in [-0.05, 0) is 31.2 Å². The molecule has 0 aliphatic rings. The van der Waals surface area contributed by atoms with Crippen LogP contribution >= 0.6 is 0 Å². The molecule has 0 aliphatic carbocycles. The molecule has 0 unspecified atom stereocenters. The third-order valence-electron chi connectivity index (χ3n) is 2.96. The molecule has 0 fully saturated rings. The van der Waals surface area contributed by atoms with Crippen LogP contribution in [0.5, 0.6) is 0 Å². The number of nitrogens with one attached hydrogen (secondary N) is 2. The van der Waals surface area contributed by atoms with Gasteiger partial charge in [-0.25, -0.2) is 0 Å². The monoisotopic (exact) mass is 268 g/mol. The maximum Gasteiger partial charge on any atom is 0.255 e. The summed E-state index contributed by atoms with van der Waals surface area (Å²) in [5, 5.41) is 5.31. The van der Waals surface area contributed by atoms with Gasteiger partial charge in [0.1, 0.15) is 0 Å². The van der Waals surface area contributed by atoms with Gasteiger partial charge in [0, 0.05) is 12.6 Å². The van der Waals surface area contributed by atoms with Crippen molar-refractivity contribution in [1.82, 2.24) is 5.32 Å². The van der Waals surface area contributed by atoms with Crippen molar-refractivity contribution in [3.63, 3.8) is 0 Å². The smallest absolute Gasteiger partial charge is 0.255 e. The van der Waals surface area contributed by atoms with E-state index >= 15 is 0 Å². The number of benzene rings is 2. The molecule has 2 N–H and O–H groups in total. The van der Waals surface area contributed by atoms with Crippen molar-refractivity contribution in [1.29, 1.82) is 0 Å². The van der Waals surface area contributed by atoms with Crippen LogP contribution in [0.1, 0.15) is 26.3 Å². The number of amides is 2. The molecule has 0 heterocycles. The summed E-state index contributed by atoms with van der Waals surface area (Å²) in [6.45, 7) is 1.96. The van der Waals surface area contributed by atoms with Crippen molar-refractivity contribution in [2.75, 3.05) is 12.4 Å². The molecule has 0 bridgehead atoms. The number of anilines is 1. The summed E-state index contributed by atoms with van der Waals surface area (Å²) < 4.78 is 0.